The summed E-state index contributed by atoms with van der Waals surface area (Å²) in [6.45, 7) is 4.44. The van der Waals surface area contributed by atoms with Crippen LogP contribution in [0.3, 0.4) is 0 Å². The maximum atomic E-state index is 8.84. The Morgan fingerprint density at radius 2 is 2.43 bits per heavy atom. The van der Waals surface area contributed by atoms with Crippen molar-refractivity contribution in [1.29, 1.82) is 5.26 Å². The average molecular weight is 210 g/mol. The van der Waals surface area contributed by atoms with Crippen LogP contribution in [-0.2, 0) is 0 Å². The minimum absolute atomic E-state index is 0.185. The van der Waals surface area contributed by atoms with Gasteiger partial charge in [-0.3, -0.25) is 0 Å². The fourth-order valence-electron chi connectivity index (χ4n) is 3.05. The van der Waals surface area contributed by atoms with E-state index in [4.69, 9.17) is 16.9 Å². The molecule has 0 saturated heterocycles. The number of fused-ring (bicyclic) bond motifs is 2. The van der Waals surface area contributed by atoms with Gasteiger partial charge >= 0.3 is 0 Å². The predicted octanol–water partition coefficient (Wildman–Crippen LogP) is 3.70. The second kappa shape index (κ2) is 3.28. The van der Waals surface area contributed by atoms with E-state index in [0.29, 0.717) is 24.2 Å². The van der Waals surface area contributed by atoms with Crippen molar-refractivity contribution in [3.63, 3.8) is 0 Å². The lowest BCUT2D eigenvalue weighted by molar-refractivity contribution is 0.275. The van der Waals surface area contributed by atoms with Crippen LogP contribution >= 0.6 is 11.6 Å². The molecule has 1 saturated carbocycles. The van der Waals surface area contributed by atoms with E-state index in [1.54, 1.807) is 0 Å². The molecule has 0 heterocycles. The minimum atomic E-state index is 0.185. The lowest BCUT2D eigenvalue weighted by Crippen LogP contribution is -2.19. The molecular weight excluding hydrogens is 194 g/mol. The van der Waals surface area contributed by atoms with Crippen molar-refractivity contribution in [2.24, 2.45) is 23.2 Å². The molecule has 1 nitrogen and oxygen atoms in total. The summed E-state index contributed by atoms with van der Waals surface area (Å²) in [6.07, 6.45) is 5.27. The molecule has 2 aliphatic rings. The van der Waals surface area contributed by atoms with Crippen LogP contribution in [-0.4, -0.2) is 0 Å². The van der Waals surface area contributed by atoms with Gasteiger partial charge in [0.2, 0.25) is 0 Å². The molecule has 0 radical (unpaired) electrons. The Bertz CT molecular complexity index is 315. The topological polar surface area (TPSA) is 23.8 Å². The van der Waals surface area contributed by atoms with Crippen LogP contribution < -0.4 is 0 Å². The van der Waals surface area contributed by atoms with Crippen molar-refractivity contribution in [3.8, 4) is 6.07 Å². The van der Waals surface area contributed by atoms with E-state index in [1.165, 1.54) is 12.8 Å². The lowest BCUT2D eigenvalue weighted by atomic mass is 9.77. The quantitative estimate of drug-likeness (QED) is 0.646. The molecule has 2 rings (SSSR count). The van der Waals surface area contributed by atoms with Crippen LogP contribution in [0.2, 0.25) is 0 Å². The molecule has 1 fully saturated rings. The summed E-state index contributed by atoms with van der Waals surface area (Å²) in [4.78, 5) is 0. The van der Waals surface area contributed by atoms with Crippen molar-refractivity contribution in [2.45, 2.75) is 33.1 Å². The highest BCUT2D eigenvalue weighted by molar-refractivity contribution is 6.29. The molecule has 0 N–H and O–H groups in total. The molecule has 2 aliphatic carbocycles. The highest BCUT2D eigenvalue weighted by atomic mass is 35.5. The van der Waals surface area contributed by atoms with E-state index in [9.17, 15) is 0 Å². The molecule has 0 aromatic rings. The summed E-state index contributed by atoms with van der Waals surface area (Å²) in [6, 6.07) is 2.32. The molecule has 4 atom stereocenters. The van der Waals surface area contributed by atoms with E-state index < -0.39 is 0 Å². The van der Waals surface area contributed by atoms with Crippen molar-refractivity contribution in [2.75, 3.05) is 0 Å². The minimum Gasteiger partial charge on any atom is -0.198 e. The fourth-order valence-corrected chi connectivity index (χ4v) is 3.38. The molecule has 0 aromatic heterocycles. The molecule has 76 valence electrons. The van der Waals surface area contributed by atoms with Crippen LogP contribution in [0.25, 0.3) is 0 Å². The zero-order valence-electron chi connectivity index (χ0n) is 8.76. The van der Waals surface area contributed by atoms with Gasteiger partial charge in [-0.05, 0) is 36.0 Å². The van der Waals surface area contributed by atoms with E-state index in [1.807, 2.05) is 0 Å². The van der Waals surface area contributed by atoms with E-state index in [0.717, 1.165) is 5.03 Å². The summed E-state index contributed by atoms with van der Waals surface area (Å²) in [5, 5.41) is 9.86. The third kappa shape index (κ3) is 1.37. The van der Waals surface area contributed by atoms with Crippen molar-refractivity contribution >= 4 is 11.6 Å². The highest BCUT2D eigenvalue weighted by Gasteiger charge is 2.47. The first-order chi connectivity index (χ1) is 6.57. The number of hydrogen-bond acceptors (Lipinski definition) is 1. The van der Waals surface area contributed by atoms with Gasteiger partial charge in [-0.2, -0.15) is 5.26 Å². The van der Waals surface area contributed by atoms with Gasteiger partial charge in [0, 0.05) is 11.5 Å². The molecule has 0 amide bonds. The maximum Gasteiger partial charge on any atom is 0.0627 e. The van der Waals surface area contributed by atoms with Gasteiger partial charge in [0.1, 0.15) is 0 Å². The predicted molar refractivity (Wildman–Crippen MR) is 57.7 cm³/mol. The largest absolute Gasteiger partial charge is 0.198 e. The standard InChI is InChI=1S/C12H16ClN/c1-8-9-5-10(6-11(8)13)12(2,7-9)3-4-14/h6,8-10H,3,5,7H2,1-2H3/t8-,9-,10-,12-/m1/s1. The summed E-state index contributed by atoms with van der Waals surface area (Å²) in [5.41, 5.74) is 0.185. The number of allylic oxidation sites excluding steroid dienone is 2. The van der Waals surface area contributed by atoms with Crippen LogP contribution in [0, 0.1) is 34.5 Å². The smallest absolute Gasteiger partial charge is 0.0627 e. The van der Waals surface area contributed by atoms with E-state index in [-0.39, 0.29) is 5.41 Å². The van der Waals surface area contributed by atoms with E-state index >= 15 is 0 Å². The summed E-state index contributed by atoms with van der Waals surface area (Å²) >= 11 is 6.20. The molecule has 0 spiro atoms. The van der Waals surface area contributed by atoms with Gasteiger partial charge in [-0.25, -0.2) is 0 Å². The molecule has 0 aromatic carbocycles. The Labute approximate surface area is 90.7 Å². The highest BCUT2D eigenvalue weighted by Crippen LogP contribution is 2.56. The molecule has 14 heavy (non-hydrogen) atoms. The van der Waals surface area contributed by atoms with Gasteiger partial charge in [0.15, 0.2) is 0 Å². The summed E-state index contributed by atoms with van der Waals surface area (Å²) < 4.78 is 0. The first kappa shape index (κ1) is 10.1. The normalized spacial score (nSPS) is 45.9. The Hall–Kier alpha value is -0.480. The third-order valence-corrected chi connectivity index (χ3v) is 4.64. The molecule has 0 aliphatic heterocycles. The third-order valence-electron chi connectivity index (χ3n) is 4.17. The van der Waals surface area contributed by atoms with Crippen LogP contribution in [0.1, 0.15) is 33.1 Å². The molecule has 2 heteroatoms. The van der Waals surface area contributed by atoms with Crippen LogP contribution in [0.4, 0.5) is 0 Å². The monoisotopic (exact) mass is 209 g/mol. The van der Waals surface area contributed by atoms with Crippen molar-refractivity contribution < 1.29 is 0 Å². The van der Waals surface area contributed by atoms with Crippen molar-refractivity contribution in [3.05, 3.63) is 11.1 Å². The Morgan fingerprint density at radius 1 is 1.71 bits per heavy atom. The van der Waals surface area contributed by atoms with E-state index in [2.05, 4.69) is 26.0 Å². The molecule has 2 bridgehead atoms. The first-order valence-corrected chi connectivity index (χ1v) is 5.69. The second-order valence-corrected chi connectivity index (χ2v) is 5.57. The maximum absolute atomic E-state index is 8.84. The van der Waals surface area contributed by atoms with Crippen LogP contribution in [0.5, 0.6) is 0 Å². The number of hydrogen-bond donors (Lipinski definition) is 0. The van der Waals surface area contributed by atoms with Gasteiger partial charge in [0.25, 0.3) is 0 Å². The number of nitriles is 1. The number of halogens is 1. The lowest BCUT2D eigenvalue weighted by Gasteiger charge is -2.27. The Balaban J connectivity index is 2.27. The SMILES string of the molecule is C[C@H]1C(Cl)=C[C@H]2C[C@@H]1C[C@@]2(C)CC#N. The van der Waals surface area contributed by atoms with Gasteiger partial charge in [-0.1, -0.05) is 31.5 Å². The fraction of sp³-hybridized carbons (Fsp3) is 0.750. The first-order valence-electron chi connectivity index (χ1n) is 5.31. The molecular formula is C12H16ClN. The molecule has 0 unspecified atom stereocenters. The Kier molecular flexibility index (Phi) is 2.35. The van der Waals surface area contributed by atoms with Gasteiger partial charge in [-0.15, -0.1) is 0 Å². The summed E-state index contributed by atoms with van der Waals surface area (Å²) in [5.74, 6) is 1.75. The number of nitrogens with zero attached hydrogens (tertiary/aromatic N) is 1. The van der Waals surface area contributed by atoms with Gasteiger partial charge in [0.05, 0.1) is 6.07 Å². The zero-order chi connectivity index (χ0) is 10.3. The summed E-state index contributed by atoms with van der Waals surface area (Å²) in [7, 11) is 0. The number of rotatable bonds is 1. The van der Waals surface area contributed by atoms with Crippen molar-refractivity contribution in [1.82, 2.24) is 0 Å². The van der Waals surface area contributed by atoms with Crippen LogP contribution in [0.15, 0.2) is 11.1 Å². The van der Waals surface area contributed by atoms with Gasteiger partial charge < -0.3 is 0 Å². The Morgan fingerprint density at radius 3 is 3.07 bits per heavy atom. The second-order valence-electron chi connectivity index (χ2n) is 5.14. The average Bonchev–Trinajstić information content (AvgIpc) is 2.38. The zero-order valence-corrected chi connectivity index (χ0v) is 9.51.